The van der Waals surface area contributed by atoms with E-state index in [1.54, 1.807) is 12.5 Å². The summed E-state index contributed by atoms with van der Waals surface area (Å²) in [7, 11) is 0. The Balaban J connectivity index is 2.31. The molecule has 3 heteroatoms. The molecule has 82 valence electrons. The summed E-state index contributed by atoms with van der Waals surface area (Å²) < 4.78 is 11.2. The van der Waals surface area contributed by atoms with Gasteiger partial charge in [-0.25, -0.2) is 4.98 Å². The highest BCUT2D eigenvalue weighted by Crippen LogP contribution is 2.19. The van der Waals surface area contributed by atoms with Crippen LogP contribution in [0.1, 0.15) is 5.56 Å². The number of aryl methyl sites for hydroxylation is 1. The predicted molar refractivity (Wildman–Crippen MR) is 66.7 cm³/mol. The van der Waals surface area contributed by atoms with Crippen LogP contribution in [-0.2, 0) is 11.2 Å². The lowest BCUT2D eigenvalue weighted by Gasteiger charge is -2.04. The van der Waals surface area contributed by atoms with Gasteiger partial charge in [0.15, 0.2) is 0 Å². The third-order valence-electron chi connectivity index (χ3n) is 2.42. The molecule has 0 aliphatic rings. The fraction of sp³-hybridized carbons (Fsp3) is 0.154. The van der Waals surface area contributed by atoms with Crippen molar-refractivity contribution in [2.24, 2.45) is 0 Å². The molecule has 0 radical (unpaired) electrons. The Hall–Kier alpha value is -1.32. The zero-order valence-electron chi connectivity index (χ0n) is 9.31. The summed E-state index contributed by atoms with van der Waals surface area (Å²) in [5.41, 5.74) is 3.42. The summed E-state index contributed by atoms with van der Waals surface area (Å²) in [6.45, 7) is 2.06. The third-order valence-corrected chi connectivity index (χ3v) is 3.25. The van der Waals surface area contributed by atoms with Gasteiger partial charge < -0.3 is 4.55 Å². The van der Waals surface area contributed by atoms with Crippen molar-refractivity contribution in [3.05, 3.63) is 48.2 Å². The SMILES string of the molecule is Cc1ccc(-c2ccc([S+](C)[O-])nc2)cc1. The van der Waals surface area contributed by atoms with Crippen LogP contribution in [0.25, 0.3) is 11.1 Å². The Morgan fingerprint density at radius 3 is 2.12 bits per heavy atom. The Labute approximate surface area is 98.5 Å². The molecule has 1 heterocycles. The molecular formula is C13H13NOS. The second-order valence-corrected chi connectivity index (χ2v) is 5.03. The number of rotatable bonds is 2. The van der Waals surface area contributed by atoms with Crippen LogP contribution in [-0.4, -0.2) is 15.8 Å². The van der Waals surface area contributed by atoms with Crippen molar-refractivity contribution in [2.75, 3.05) is 6.26 Å². The molecule has 2 rings (SSSR count). The van der Waals surface area contributed by atoms with Crippen molar-refractivity contribution in [3.8, 4) is 11.1 Å². The van der Waals surface area contributed by atoms with Gasteiger partial charge in [0.25, 0.3) is 0 Å². The molecule has 1 aromatic carbocycles. The van der Waals surface area contributed by atoms with Gasteiger partial charge in [-0.1, -0.05) is 29.8 Å². The van der Waals surface area contributed by atoms with Crippen molar-refractivity contribution in [1.82, 2.24) is 4.98 Å². The van der Waals surface area contributed by atoms with Crippen molar-refractivity contribution < 1.29 is 4.55 Å². The van der Waals surface area contributed by atoms with Crippen LogP contribution in [0.3, 0.4) is 0 Å². The van der Waals surface area contributed by atoms with E-state index < -0.39 is 11.2 Å². The van der Waals surface area contributed by atoms with Crippen LogP contribution < -0.4 is 0 Å². The number of hydrogen-bond acceptors (Lipinski definition) is 2. The minimum Gasteiger partial charge on any atom is -0.610 e. The Kier molecular flexibility index (Phi) is 3.27. The number of aromatic nitrogens is 1. The van der Waals surface area contributed by atoms with Gasteiger partial charge >= 0.3 is 0 Å². The van der Waals surface area contributed by atoms with E-state index in [1.165, 1.54) is 5.56 Å². The maximum absolute atomic E-state index is 11.2. The lowest BCUT2D eigenvalue weighted by atomic mass is 10.1. The summed E-state index contributed by atoms with van der Waals surface area (Å²) in [6, 6.07) is 12.0. The largest absolute Gasteiger partial charge is 0.610 e. The highest BCUT2D eigenvalue weighted by Gasteiger charge is 2.05. The summed E-state index contributed by atoms with van der Waals surface area (Å²) in [4.78, 5) is 4.18. The molecular weight excluding hydrogens is 218 g/mol. The maximum atomic E-state index is 11.2. The third kappa shape index (κ3) is 2.43. The van der Waals surface area contributed by atoms with Gasteiger partial charge in [-0.2, -0.15) is 0 Å². The van der Waals surface area contributed by atoms with E-state index in [4.69, 9.17) is 0 Å². The van der Waals surface area contributed by atoms with E-state index >= 15 is 0 Å². The predicted octanol–water partition coefficient (Wildman–Crippen LogP) is 2.79. The molecule has 0 N–H and O–H groups in total. The molecule has 0 saturated heterocycles. The van der Waals surface area contributed by atoms with E-state index in [2.05, 4.69) is 36.2 Å². The molecule has 1 atom stereocenters. The molecule has 2 aromatic rings. The van der Waals surface area contributed by atoms with Crippen LogP contribution in [0, 0.1) is 6.92 Å². The van der Waals surface area contributed by atoms with Crippen molar-refractivity contribution in [2.45, 2.75) is 11.9 Å². The summed E-state index contributed by atoms with van der Waals surface area (Å²) >= 11 is -1.01. The molecule has 0 fully saturated rings. The Bertz CT molecular complexity index is 462. The molecule has 16 heavy (non-hydrogen) atoms. The number of hydrogen-bond donors (Lipinski definition) is 0. The van der Waals surface area contributed by atoms with E-state index in [0.717, 1.165) is 11.1 Å². The molecule has 1 unspecified atom stereocenters. The minimum atomic E-state index is -1.01. The van der Waals surface area contributed by atoms with Gasteiger partial charge in [-0.3, -0.25) is 0 Å². The van der Waals surface area contributed by atoms with Gasteiger partial charge in [-0.05, 0) is 18.6 Å². The number of nitrogens with zero attached hydrogens (tertiary/aromatic N) is 1. The average Bonchev–Trinajstić information content (AvgIpc) is 2.30. The standard InChI is InChI=1S/C13H13NOS/c1-10-3-5-11(6-4-10)12-7-8-13(14-9-12)16(2)15/h3-9H,1-2H3. The summed E-state index contributed by atoms with van der Waals surface area (Å²) in [5.74, 6) is 0. The Morgan fingerprint density at radius 2 is 1.62 bits per heavy atom. The monoisotopic (exact) mass is 231 g/mol. The van der Waals surface area contributed by atoms with Crippen molar-refractivity contribution in [3.63, 3.8) is 0 Å². The van der Waals surface area contributed by atoms with E-state index in [0.29, 0.717) is 5.03 Å². The van der Waals surface area contributed by atoms with Gasteiger partial charge in [0.2, 0.25) is 5.03 Å². The lowest BCUT2D eigenvalue weighted by Crippen LogP contribution is -1.99. The van der Waals surface area contributed by atoms with Crippen LogP contribution in [0.15, 0.2) is 47.6 Å². The highest BCUT2D eigenvalue weighted by atomic mass is 32.2. The maximum Gasteiger partial charge on any atom is 0.244 e. The zero-order valence-corrected chi connectivity index (χ0v) is 10.1. The van der Waals surface area contributed by atoms with Gasteiger partial charge in [0.1, 0.15) is 6.26 Å². The number of benzene rings is 1. The minimum absolute atomic E-state index is 0.621. The van der Waals surface area contributed by atoms with Crippen LogP contribution in [0.5, 0.6) is 0 Å². The molecule has 0 bridgehead atoms. The van der Waals surface area contributed by atoms with E-state index in [1.807, 2.05) is 12.1 Å². The van der Waals surface area contributed by atoms with Crippen LogP contribution in [0.4, 0.5) is 0 Å². The molecule has 0 amide bonds. The Morgan fingerprint density at radius 1 is 1.00 bits per heavy atom. The summed E-state index contributed by atoms with van der Waals surface area (Å²) in [5, 5.41) is 0.621. The molecule has 1 aromatic heterocycles. The molecule has 0 aliphatic heterocycles. The summed E-state index contributed by atoms with van der Waals surface area (Å²) in [6.07, 6.45) is 3.40. The molecule has 0 spiro atoms. The van der Waals surface area contributed by atoms with E-state index in [-0.39, 0.29) is 0 Å². The highest BCUT2D eigenvalue weighted by molar-refractivity contribution is 7.90. The smallest absolute Gasteiger partial charge is 0.244 e. The molecule has 0 saturated carbocycles. The van der Waals surface area contributed by atoms with Crippen molar-refractivity contribution in [1.29, 1.82) is 0 Å². The first-order valence-electron chi connectivity index (χ1n) is 5.03. The fourth-order valence-corrected chi connectivity index (χ4v) is 1.93. The second-order valence-electron chi connectivity index (χ2n) is 3.71. The quantitative estimate of drug-likeness (QED) is 0.745. The van der Waals surface area contributed by atoms with Gasteiger partial charge in [-0.15, -0.1) is 0 Å². The fourth-order valence-electron chi connectivity index (χ4n) is 1.47. The normalized spacial score (nSPS) is 12.4. The second kappa shape index (κ2) is 4.68. The van der Waals surface area contributed by atoms with Crippen LogP contribution in [0.2, 0.25) is 0 Å². The van der Waals surface area contributed by atoms with E-state index in [9.17, 15) is 4.55 Å². The van der Waals surface area contributed by atoms with Crippen LogP contribution >= 0.6 is 0 Å². The lowest BCUT2D eigenvalue weighted by molar-refractivity contribution is 0.597. The zero-order chi connectivity index (χ0) is 11.5. The first-order chi connectivity index (χ1) is 7.66. The van der Waals surface area contributed by atoms with Gasteiger partial charge in [0, 0.05) is 29.0 Å². The average molecular weight is 231 g/mol. The van der Waals surface area contributed by atoms with Gasteiger partial charge in [0.05, 0.1) is 0 Å². The number of pyridine rings is 1. The first kappa shape index (κ1) is 11.2. The van der Waals surface area contributed by atoms with Crippen molar-refractivity contribution >= 4 is 11.2 Å². The first-order valence-corrected chi connectivity index (χ1v) is 6.59. The molecule has 0 aliphatic carbocycles. The molecule has 2 nitrogen and oxygen atoms in total. The topological polar surface area (TPSA) is 36.0 Å².